The Kier molecular flexibility index (Phi) is 7.47. The SMILES string of the molecule is COC(=O)c1ccc2c(c1)nc1n2C[C@H]2[C@@H]1[C@H](c1cccc(Cl)c1F)[C@@]1(Cc3ccc(Cl)cc3NC1=O)N2CCc1cccc(OC)c1. The average molecular weight is 686 g/mol. The van der Waals surface area contributed by atoms with E-state index in [0.29, 0.717) is 53.3 Å². The molecule has 3 aliphatic heterocycles. The number of nitrogens with zero attached hydrogens (tertiary/aromatic N) is 3. The van der Waals surface area contributed by atoms with Gasteiger partial charge in [-0.05, 0) is 71.6 Å². The third kappa shape index (κ3) is 4.63. The van der Waals surface area contributed by atoms with Crippen molar-refractivity contribution in [1.29, 1.82) is 0 Å². The van der Waals surface area contributed by atoms with Crippen LogP contribution in [0.4, 0.5) is 10.1 Å². The molecule has 4 atom stereocenters. The molecule has 4 aromatic carbocycles. The monoisotopic (exact) mass is 684 g/mol. The van der Waals surface area contributed by atoms with Crippen LogP contribution in [0.5, 0.6) is 5.75 Å². The zero-order valence-electron chi connectivity index (χ0n) is 26.2. The van der Waals surface area contributed by atoms with E-state index in [9.17, 15) is 9.59 Å². The number of halogens is 3. The van der Waals surface area contributed by atoms with Gasteiger partial charge in [-0.15, -0.1) is 0 Å². The number of fused-ring (bicyclic) bond motifs is 6. The van der Waals surface area contributed by atoms with Crippen LogP contribution in [0.1, 0.15) is 44.7 Å². The molecule has 1 spiro atoms. The summed E-state index contributed by atoms with van der Waals surface area (Å²) in [5.41, 5.74) is 3.66. The van der Waals surface area contributed by atoms with Crippen LogP contribution in [-0.2, 0) is 28.9 Å². The zero-order valence-corrected chi connectivity index (χ0v) is 27.7. The van der Waals surface area contributed by atoms with Crippen LogP contribution in [0.2, 0.25) is 10.0 Å². The lowest BCUT2D eigenvalue weighted by Crippen LogP contribution is -2.61. The predicted molar refractivity (Wildman–Crippen MR) is 182 cm³/mol. The average Bonchev–Trinajstić information content (AvgIpc) is 3.71. The van der Waals surface area contributed by atoms with Gasteiger partial charge in [0.05, 0.1) is 35.8 Å². The number of amides is 1. The topological polar surface area (TPSA) is 85.7 Å². The zero-order chi connectivity index (χ0) is 33.3. The van der Waals surface area contributed by atoms with Crippen molar-refractivity contribution in [3.05, 3.63) is 123 Å². The second kappa shape index (κ2) is 11.6. The summed E-state index contributed by atoms with van der Waals surface area (Å²) in [6.45, 7) is 1.03. The van der Waals surface area contributed by atoms with E-state index in [2.05, 4.69) is 14.8 Å². The van der Waals surface area contributed by atoms with Gasteiger partial charge in [0, 0.05) is 48.1 Å². The van der Waals surface area contributed by atoms with Crippen LogP contribution in [0.3, 0.4) is 0 Å². The highest BCUT2D eigenvalue weighted by molar-refractivity contribution is 6.31. The Morgan fingerprint density at radius 1 is 1.06 bits per heavy atom. The van der Waals surface area contributed by atoms with E-state index in [1.165, 1.54) is 13.2 Å². The molecule has 5 aromatic rings. The molecule has 1 saturated heterocycles. The maximum absolute atomic E-state index is 16.4. The van der Waals surface area contributed by atoms with Gasteiger partial charge in [-0.2, -0.15) is 0 Å². The Labute approximate surface area is 286 Å². The van der Waals surface area contributed by atoms with Crippen LogP contribution in [0, 0.1) is 5.82 Å². The molecule has 0 saturated carbocycles. The molecule has 1 fully saturated rings. The van der Waals surface area contributed by atoms with Gasteiger partial charge in [-0.3, -0.25) is 9.69 Å². The summed E-state index contributed by atoms with van der Waals surface area (Å²) in [6, 6.07) is 23.5. The fourth-order valence-corrected chi connectivity index (χ4v) is 8.66. The number of aromatic nitrogens is 2. The number of carbonyl (C=O) groups is 2. The molecular formula is C37H31Cl2FN4O4. The Balaban J connectivity index is 1.33. The molecule has 0 bridgehead atoms. The first-order chi connectivity index (χ1) is 23.2. The molecule has 1 N–H and O–H groups in total. The number of methoxy groups -OCH3 is 2. The maximum Gasteiger partial charge on any atom is 0.337 e. The summed E-state index contributed by atoms with van der Waals surface area (Å²) < 4.78 is 28.9. The first kappa shape index (κ1) is 30.9. The lowest BCUT2D eigenvalue weighted by Gasteiger charge is -2.46. The second-order valence-electron chi connectivity index (χ2n) is 12.6. The Morgan fingerprint density at radius 2 is 1.90 bits per heavy atom. The van der Waals surface area contributed by atoms with Gasteiger partial charge in [-0.1, -0.05) is 53.5 Å². The molecule has 1 amide bonds. The smallest absolute Gasteiger partial charge is 0.337 e. The van der Waals surface area contributed by atoms with E-state index in [1.54, 1.807) is 37.4 Å². The number of nitrogens with one attached hydrogen (secondary N) is 1. The van der Waals surface area contributed by atoms with Gasteiger partial charge in [0.15, 0.2) is 0 Å². The fourth-order valence-electron chi connectivity index (χ4n) is 8.31. The summed E-state index contributed by atoms with van der Waals surface area (Å²) in [6.07, 6.45) is 0.957. The third-order valence-electron chi connectivity index (χ3n) is 10.3. The molecule has 0 unspecified atom stereocenters. The second-order valence-corrected chi connectivity index (χ2v) is 13.5. The largest absolute Gasteiger partial charge is 0.497 e. The van der Waals surface area contributed by atoms with Crippen molar-refractivity contribution in [2.24, 2.45) is 0 Å². The van der Waals surface area contributed by atoms with E-state index < -0.39 is 23.2 Å². The summed E-state index contributed by atoms with van der Waals surface area (Å²) >= 11 is 12.8. The minimum atomic E-state index is -1.19. The van der Waals surface area contributed by atoms with Crippen molar-refractivity contribution in [2.45, 2.75) is 42.8 Å². The van der Waals surface area contributed by atoms with Gasteiger partial charge >= 0.3 is 5.97 Å². The summed E-state index contributed by atoms with van der Waals surface area (Å²) in [4.78, 5) is 34.5. The molecule has 11 heteroatoms. The van der Waals surface area contributed by atoms with Gasteiger partial charge in [0.25, 0.3) is 0 Å². The lowest BCUT2D eigenvalue weighted by atomic mass is 9.69. The minimum Gasteiger partial charge on any atom is -0.497 e. The number of ether oxygens (including phenoxy) is 2. The molecule has 0 radical (unpaired) electrons. The van der Waals surface area contributed by atoms with Gasteiger partial charge < -0.3 is 19.4 Å². The molecular weight excluding hydrogens is 654 g/mol. The molecule has 8 rings (SSSR count). The lowest BCUT2D eigenvalue weighted by molar-refractivity contribution is -0.129. The van der Waals surface area contributed by atoms with E-state index in [-0.39, 0.29) is 22.9 Å². The highest BCUT2D eigenvalue weighted by atomic mass is 35.5. The predicted octanol–water partition coefficient (Wildman–Crippen LogP) is 7.02. The van der Waals surface area contributed by atoms with Crippen molar-refractivity contribution in [2.75, 3.05) is 26.1 Å². The third-order valence-corrected chi connectivity index (χ3v) is 10.9. The number of carbonyl (C=O) groups excluding carboxylic acids is 2. The molecule has 3 aliphatic rings. The summed E-state index contributed by atoms with van der Waals surface area (Å²) in [5.74, 6) is -0.778. The van der Waals surface area contributed by atoms with E-state index in [1.807, 2.05) is 42.5 Å². The van der Waals surface area contributed by atoms with Crippen LogP contribution < -0.4 is 10.1 Å². The number of esters is 1. The molecule has 4 heterocycles. The highest BCUT2D eigenvalue weighted by Gasteiger charge is 2.67. The molecule has 1 aromatic heterocycles. The van der Waals surface area contributed by atoms with Crippen molar-refractivity contribution in [1.82, 2.24) is 14.5 Å². The quantitative estimate of drug-likeness (QED) is 0.194. The van der Waals surface area contributed by atoms with Gasteiger partial charge in [-0.25, -0.2) is 14.2 Å². The van der Waals surface area contributed by atoms with Gasteiger partial charge in [0.2, 0.25) is 5.91 Å². The number of benzene rings is 4. The van der Waals surface area contributed by atoms with Crippen molar-refractivity contribution < 1.29 is 23.5 Å². The Hall–Kier alpha value is -4.44. The normalized spacial score (nSPS) is 22.8. The minimum absolute atomic E-state index is 0.00773. The number of imidazole rings is 1. The van der Waals surface area contributed by atoms with Crippen LogP contribution >= 0.6 is 23.2 Å². The van der Waals surface area contributed by atoms with Gasteiger partial charge in [0.1, 0.15) is 22.9 Å². The Bertz CT molecular complexity index is 2140. The molecule has 244 valence electrons. The first-order valence-corrected chi connectivity index (χ1v) is 16.5. The van der Waals surface area contributed by atoms with Crippen molar-refractivity contribution in [3.8, 4) is 5.75 Å². The van der Waals surface area contributed by atoms with E-state index in [0.717, 1.165) is 28.2 Å². The molecule has 48 heavy (non-hydrogen) atoms. The number of likely N-dealkylation sites (tertiary alicyclic amines) is 1. The number of hydrogen-bond donors (Lipinski definition) is 1. The van der Waals surface area contributed by atoms with E-state index in [4.69, 9.17) is 37.7 Å². The fraction of sp³-hybridized carbons (Fsp3) is 0.270. The van der Waals surface area contributed by atoms with Crippen molar-refractivity contribution in [3.63, 3.8) is 0 Å². The highest BCUT2D eigenvalue weighted by Crippen LogP contribution is 2.60. The maximum atomic E-state index is 16.4. The standard InChI is InChI=1S/C37H31Cl2FN4O4/c1-47-24-6-3-5-20(15-24)13-14-44-30-19-43-29-12-10-21(35(45)48-2)16-28(29)41-34(43)31(30)32(25-7-4-8-26(39)33(25)40)37(44)18-22-9-11-23(38)17-27(22)42-36(37)46/h3-12,15-17,30-32H,13-14,18-19H2,1-2H3,(H,42,46)/t30-,31+,32-,37+/m0/s1. The first-order valence-electron chi connectivity index (χ1n) is 15.8. The summed E-state index contributed by atoms with van der Waals surface area (Å²) in [5, 5.41) is 3.67. The summed E-state index contributed by atoms with van der Waals surface area (Å²) in [7, 11) is 2.98. The number of rotatable bonds is 6. The van der Waals surface area contributed by atoms with Crippen LogP contribution in [0.15, 0.2) is 78.9 Å². The van der Waals surface area contributed by atoms with Crippen LogP contribution in [0.25, 0.3) is 11.0 Å². The number of anilines is 1. The van der Waals surface area contributed by atoms with E-state index >= 15 is 4.39 Å². The van der Waals surface area contributed by atoms with Crippen LogP contribution in [-0.4, -0.2) is 58.7 Å². The van der Waals surface area contributed by atoms with Crippen molar-refractivity contribution >= 4 is 51.8 Å². The molecule has 0 aliphatic carbocycles. The number of hydrogen-bond acceptors (Lipinski definition) is 6. The molecule has 8 nitrogen and oxygen atoms in total. The Morgan fingerprint density at radius 3 is 2.71 bits per heavy atom.